The van der Waals surface area contributed by atoms with Crippen molar-refractivity contribution in [2.45, 2.75) is 30.2 Å². The lowest BCUT2D eigenvalue weighted by atomic mass is 9.87. The molecule has 0 amide bonds. The van der Waals surface area contributed by atoms with Crippen LogP contribution in [0.4, 0.5) is 0 Å². The van der Waals surface area contributed by atoms with Gasteiger partial charge < -0.3 is 9.84 Å². The zero-order valence-corrected chi connectivity index (χ0v) is 11.6. The minimum Gasteiger partial charge on any atom is -0.497 e. The topological polar surface area (TPSA) is 58.6 Å². The van der Waals surface area contributed by atoms with E-state index >= 15 is 0 Å². The fourth-order valence-corrected chi connectivity index (χ4v) is 4.33. The molecule has 1 saturated heterocycles. The molecule has 2 N–H and O–H groups in total. The van der Waals surface area contributed by atoms with Crippen LogP contribution in [0.5, 0.6) is 5.75 Å². The molecule has 1 aromatic rings. The first-order valence-electron chi connectivity index (χ1n) is 6.42. The van der Waals surface area contributed by atoms with Gasteiger partial charge in [-0.15, -0.1) is 11.8 Å². The lowest BCUT2D eigenvalue weighted by Crippen LogP contribution is -2.48. The van der Waals surface area contributed by atoms with Crippen LogP contribution in [0.25, 0.3) is 0 Å². The summed E-state index contributed by atoms with van der Waals surface area (Å²) < 4.78 is 5.27. The number of methoxy groups -OCH3 is 1. The number of rotatable bonds is 2. The Kier molecular flexibility index (Phi) is 3.19. The van der Waals surface area contributed by atoms with Crippen LogP contribution >= 0.6 is 11.8 Å². The smallest absolute Gasteiger partial charge is 0.321 e. The molecule has 5 heteroatoms. The Balaban J connectivity index is 1.83. The third kappa shape index (κ3) is 2.32. The summed E-state index contributed by atoms with van der Waals surface area (Å²) in [6.07, 6.45) is 2.85. The first kappa shape index (κ1) is 12.8. The minimum atomic E-state index is -0.749. The maximum absolute atomic E-state index is 11.1. The molecule has 0 aromatic heterocycles. The highest BCUT2D eigenvalue weighted by molar-refractivity contribution is 8.01. The molecule has 1 unspecified atom stereocenters. The number of carboxylic acid groups (broad SMARTS) is 1. The zero-order chi connectivity index (χ0) is 13.5. The largest absolute Gasteiger partial charge is 0.497 e. The average molecular weight is 279 g/mol. The Hall–Kier alpha value is -1.20. The third-order valence-electron chi connectivity index (χ3n) is 3.95. The van der Waals surface area contributed by atoms with Gasteiger partial charge in [0.25, 0.3) is 0 Å². The Morgan fingerprint density at radius 1 is 1.53 bits per heavy atom. The van der Waals surface area contributed by atoms with E-state index in [-0.39, 0.29) is 4.87 Å². The van der Waals surface area contributed by atoms with Crippen molar-refractivity contribution >= 4 is 17.7 Å². The van der Waals surface area contributed by atoms with Gasteiger partial charge in [-0.25, -0.2) is 0 Å². The summed E-state index contributed by atoms with van der Waals surface area (Å²) in [5.74, 6) is 0.767. The van der Waals surface area contributed by atoms with Crippen LogP contribution < -0.4 is 10.1 Å². The summed E-state index contributed by atoms with van der Waals surface area (Å²) in [5.41, 5.74) is 2.63. The maximum atomic E-state index is 11.1. The molecule has 1 spiro atoms. The van der Waals surface area contributed by atoms with Crippen LogP contribution in [0.15, 0.2) is 18.2 Å². The van der Waals surface area contributed by atoms with Crippen LogP contribution in [-0.4, -0.2) is 34.9 Å². The monoisotopic (exact) mass is 279 g/mol. The molecule has 0 radical (unpaired) electrons. The van der Waals surface area contributed by atoms with E-state index in [1.165, 1.54) is 11.1 Å². The summed E-state index contributed by atoms with van der Waals surface area (Å²) in [4.78, 5) is 11.0. The van der Waals surface area contributed by atoms with E-state index in [2.05, 4.69) is 17.4 Å². The van der Waals surface area contributed by atoms with Gasteiger partial charge in [0.05, 0.1) is 12.0 Å². The van der Waals surface area contributed by atoms with E-state index in [0.717, 1.165) is 25.0 Å². The molecule has 1 fully saturated rings. The number of aryl methyl sites for hydroxylation is 1. The van der Waals surface area contributed by atoms with Gasteiger partial charge in [0.1, 0.15) is 11.8 Å². The molecule has 2 atom stereocenters. The van der Waals surface area contributed by atoms with E-state index in [1.807, 2.05) is 6.07 Å². The van der Waals surface area contributed by atoms with E-state index in [0.29, 0.717) is 5.75 Å². The standard InChI is InChI=1S/C14H17NO3S/c1-18-11-3-2-9-4-5-14(7-10(9)6-11)15-12(8-19-14)13(16)17/h2-3,6,12,15H,4-5,7-8H2,1H3,(H,16,17)/t12-,14?/m0/s1. The summed E-state index contributed by atoms with van der Waals surface area (Å²) in [6.45, 7) is 0. The molecule has 19 heavy (non-hydrogen) atoms. The highest BCUT2D eigenvalue weighted by Gasteiger charge is 2.43. The molecule has 0 saturated carbocycles. The number of fused-ring (bicyclic) bond motifs is 1. The van der Waals surface area contributed by atoms with Gasteiger partial charge >= 0.3 is 5.97 Å². The number of nitrogens with one attached hydrogen (secondary N) is 1. The van der Waals surface area contributed by atoms with Crippen LogP contribution in [0.2, 0.25) is 0 Å². The van der Waals surface area contributed by atoms with Crippen molar-refractivity contribution < 1.29 is 14.6 Å². The maximum Gasteiger partial charge on any atom is 0.321 e. The summed E-state index contributed by atoms with van der Waals surface area (Å²) >= 11 is 1.75. The second-order valence-electron chi connectivity index (χ2n) is 5.15. The Morgan fingerprint density at radius 3 is 3.05 bits per heavy atom. The van der Waals surface area contributed by atoms with E-state index in [4.69, 9.17) is 9.84 Å². The fourth-order valence-electron chi connectivity index (χ4n) is 2.89. The van der Waals surface area contributed by atoms with Crippen molar-refractivity contribution in [2.75, 3.05) is 12.9 Å². The molecular formula is C14H17NO3S. The summed E-state index contributed by atoms with van der Waals surface area (Å²) in [7, 11) is 1.67. The van der Waals surface area contributed by atoms with Crippen LogP contribution in [0.3, 0.4) is 0 Å². The van der Waals surface area contributed by atoms with Crippen molar-refractivity contribution in [3.05, 3.63) is 29.3 Å². The van der Waals surface area contributed by atoms with Gasteiger partial charge in [-0.3, -0.25) is 10.1 Å². The molecule has 2 aliphatic rings. The first-order valence-corrected chi connectivity index (χ1v) is 7.41. The van der Waals surface area contributed by atoms with Gasteiger partial charge in [0, 0.05) is 12.2 Å². The highest BCUT2D eigenvalue weighted by Crippen LogP contribution is 2.42. The molecule has 1 aliphatic carbocycles. The molecule has 1 aromatic carbocycles. The number of aliphatic carboxylic acids is 1. The minimum absolute atomic E-state index is 0.109. The predicted octanol–water partition coefficient (Wildman–Crippen LogP) is 1.67. The first-order chi connectivity index (χ1) is 9.12. The molecular weight excluding hydrogens is 262 g/mol. The number of thioether (sulfide) groups is 1. The number of benzene rings is 1. The third-order valence-corrected chi connectivity index (χ3v) is 5.47. The van der Waals surface area contributed by atoms with Crippen LogP contribution in [0, 0.1) is 0 Å². The van der Waals surface area contributed by atoms with Gasteiger partial charge in [-0.1, -0.05) is 6.07 Å². The van der Waals surface area contributed by atoms with Crippen molar-refractivity contribution in [3.63, 3.8) is 0 Å². The van der Waals surface area contributed by atoms with Gasteiger partial charge in [-0.2, -0.15) is 0 Å². The number of carbonyl (C=O) groups is 1. The van der Waals surface area contributed by atoms with Gasteiger partial charge in [0.2, 0.25) is 0 Å². The Bertz CT molecular complexity index is 519. The summed E-state index contributed by atoms with van der Waals surface area (Å²) in [6, 6.07) is 5.77. The van der Waals surface area contributed by atoms with E-state index < -0.39 is 12.0 Å². The number of hydrogen-bond acceptors (Lipinski definition) is 4. The molecule has 4 nitrogen and oxygen atoms in total. The molecule has 1 aliphatic heterocycles. The number of hydrogen-bond donors (Lipinski definition) is 2. The van der Waals surface area contributed by atoms with E-state index in [9.17, 15) is 4.79 Å². The zero-order valence-electron chi connectivity index (χ0n) is 10.8. The highest BCUT2D eigenvalue weighted by atomic mass is 32.2. The second-order valence-corrected chi connectivity index (χ2v) is 6.56. The van der Waals surface area contributed by atoms with Crippen LogP contribution in [-0.2, 0) is 17.6 Å². The molecule has 3 rings (SSSR count). The number of ether oxygens (including phenoxy) is 1. The molecule has 102 valence electrons. The van der Waals surface area contributed by atoms with Gasteiger partial charge in [-0.05, 0) is 36.1 Å². The normalized spacial score (nSPS) is 29.2. The lowest BCUT2D eigenvalue weighted by Gasteiger charge is -2.34. The Labute approximate surface area is 116 Å². The van der Waals surface area contributed by atoms with Crippen molar-refractivity contribution in [1.82, 2.24) is 5.32 Å². The average Bonchev–Trinajstić information content (AvgIpc) is 2.82. The SMILES string of the molecule is COc1ccc2c(c1)CC1(CC2)N[C@H](C(=O)O)CS1. The predicted molar refractivity (Wildman–Crippen MR) is 74.8 cm³/mol. The Morgan fingerprint density at radius 2 is 2.37 bits per heavy atom. The molecule has 0 bridgehead atoms. The van der Waals surface area contributed by atoms with Crippen LogP contribution in [0.1, 0.15) is 17.5 Å². The quantitative estimate of drug-likeness (QED) is 0.862. The lowest BCUT2D eigenvalue weighted by molar-refractivity contribution is -0.138. The molecule has 1 heterocycles. The van der Waals surface area contributed by atoms with Gasteiger partial charge in [0.15, 0.2) is 0 Å². The van der Waals surface area contributed by atoms with Crippen molar-refractivity contribution in [1.29, 1.82) is 0 Å². The summed E-state index contributed by atoms with van der Waals surface area (Å²) in [5, 5.41) is 12.4. The van der Waals surface area contributed by atoms with Crippen molar-refractivity contribution in [3.8, 4) is 5.75 Å². The number of carboxylic acids is 1. The van der Waals surface area contributed by atoms with Crippen molar-refractivity contribution in [2.24, 2.45) is 0 Å². The van der Waals surface area contributed by atoms with E-state index in [1.54, 1.807) is 18.9 Å². The second kappa shape index (κ2) is 4.72. The fraction of sp³-hybridized carbons (Fsp3) is 0.500.